The highest BCUT2D eigenvalue weighted by Crippen LogP contribution is 2.34. The molecule has 0 spiro atoms. The van der Waals surface area contributed by atoms with E-state index < -0.39 is 5.82 Å². The number of halogens is 2. The second kappa shape index (κ2) is 10.9. The molecule has 0 bridgehead atoms. The lowest BCUT2D eigenvalue weighted by atomic mass is 9.95. The molecule has 1 aromatic heterocycles. The van der Waals surface area contributed by atoms with E-state index in [0.717, 1.165) is 40.9 Å². The van der Waals surface area contributed by atoms with Gasteiger partial charge in [0.25, 0.3) is 0 Å². The topological polar surface area (TPSA) is 54.5 Å². The van der Waals surface area contributed by atoms with Crippen molar-refractivity contribution >= 4 is 28.4 Å². The van der Waals surface area contributed by atoms with E-state index in [-0.39, 0.29) is 23.4 Å². The molecule has 4 rings (SSSR count). The largest absolute Gasteiger partial charge is 0.493 e. The van der Waals surface area contributed by atoms with E-state index in [1.165, 1.54) is 18.9 Å². The number of nitrogens with one attached hydrogen (secondary N) is 1. The molecular formula is C28H33ClFN3O2. The second-order valence-corrected chi connectivity index (χ2v) is 10.3. The van der Waals surface area contributed by atoms with Crippen LogP contribution in [0.2, 0.25) is 5.02 Å². The summed E-state index contributed by atoms with van der Waals surface area (Å²) in [4.78, 5) is 20.0. The van der Waals surface area contributed by atoms with E-state index in [1.54, 1.807) is 12.1 Å². The molecule has 1 aliphatic rings. The Morgan fingerprint density at radius 1 is 1.29 bits per heavy atom. The lowest BCUT2D eigenvalue weighted by Gasteiger charge is -2.29. The lowest BCUT2D eigenvalue weighted by Crippen LogP contribution is -2.34. The summed E-state index contributed by atoms with van der Waals surface area (Å²) in [6, 6.07) is 10.5. The van der Waals surface area contributed by atoms with E-state index >= 15 is 0 Å². The van der Waals surface area contributed by atoms with Crippen molar-refractivity contribution in [2.24, 2.45) is 5.92 Å². The van der Waals surface area contributed by atoms with Gasteiger partial charge in [-0.25, -0.2) is 9.37 Å². The van der Waals surface area contributed by atoms with Crippen LogP contribution < -0.4 is 10.1 Å². The first-order chi connectivity index (χ1) is 16.7. The number of benzene rings is 2. The molecule has 1 N–H and O–H groups in total. The minimum atomic E-state index is -0.488. The molecule has 0 aliphatic carbocycles. The van der Waals surface area contributed by atoms with Crippen LogP contribution in [0, 0.1) is 18.7 Å². The Balaban J connectivity index is 1.71. The molecule has 186 valence electrons. The molecule has 1 saturated heterocycles. The van der Waals surface area contributed by atoms with Crippen molar-refractivity contribution in [3.63, 3.8) is 0 Å². The van der Waals surface area contributed by atoms with Crippen LogP contribution in [0.15, 0.2) is 36.4 Å². The molecule has 1 fully saturated rings. The fourth-order valence-corrected chi connectivity index (χ4v) is 4.97. The van der Waals surface area contributed by atoms with E-state index in [4.69, 9.17) is 21.3 Å². The molecule has 1 atom stereocenters. The molecule has 2 aromatic carbocycles. The van der Waals surface area contributed by atoms with E-state index in [1.807, 2.05) is 39.0 Å². The monoisotopic (exact) mass is 497 g/mol. The van der Waals surface area contributed by atoms with Gasteiger partial charge in [0, 0.05) is 29.5 Å². The average Bonchev–Trinajstić information content (AvgIpc) is 2.81. The summed E-state index contributed by atoms with van der Waals surface area (Å²) in [5.74, 6) is 0.737. The van der Waals surface area contributed by atoms with Crippen molar-refractivity contribution < 1.29 is 13.9 Å². The Bertz CT molecular complexity index is 1230. The number of nitrogens with zero attached hydrogens (tertiary/aromatic N) is 2. The van der Waals surface area contributed by atoms with Crippen molar-refractivity contribution in [1.29, 1.82) is 0 Å². The van der Waals surface area contributed by atoms with Crippen LogP contribution in [-0.2, 0) is 11.2 Å². The Labute approximate surface area is 211 Å². The maximum Gasteiger partial charge on any atom is 0.224 e. The highest BCUT2D eigenvalue weighted by atomic mass is 35.5. The standard InChI is InChI=1S/C28H33ClFN3O2/c1-17(2)31-27(34)14-23-18(3)22-13-21(35-16-19-6-5-11-33(4)15-19)8-10-26(22)32-28(23)20-7-9-25(30)24(29)12-20/h7-10,12-13,17,19H,5-6,11,14-16H2,1-4H3,(H,31,34). The highest BCUT2D eigenvalue weighted by Gasteiger charge is 2.20. The van der Waals surface area contributed by atoms with Gasteiger partial charge in [0.15, 0.2) is 0 Å². The van der Waals surface area contributed by atoms with Crippen LogP contribution in [0.4, 0.5) is 4.39 Å². The van der Waals surface area contributed by atoms with Gasteiger partial charge in [0.1, 0.15) is 11.6 Å². The molecule has 1 amide bonds. The first-order valence-corrected chi connectivity index (χ1v) is 12.6. The number of aromatic nitrogens is 1. The van der Waals surface area contributed by atoms with Crippen LogP contribution >= 0.6 is 11.6 Å². The fraction of sp³-hybridized carbons (Fsp3) is 0.429. The number of hydrogen-bond acceptors (Lipinski definition) is 4. The molecule has 35 heavy (non-hydrogen) atoms. The Kier molecular flexibility index (Phi) is 7.92. The molecule has 0 radical (unpaired) electrons. The number of pyridine rings is 1. The molecule has 0 saturated carbocycles. The summed E-state index contributed by atoms with van der Waals surface area (Å²) >= 11 is 6.08. The maximum atomic E-state index is 13.8. The number of amides is 1. The summed E-state index contributed by atoms with van der Waals surface area (Å²) in [6.07, 6.45) is 2.54. The SMILES string of the molecule is Cc1c(CC(=O)NC(C)C)c(-c2ccc(F)c(Cl)c2)nc2ccc(OCC3CCCN(C)C3)cc12. The first kappa shape index (κ1) is 25.4. The zero-order valence-corrected chi connectivity index (χ0v) is 21.6. The summed E-state index contributed by atoms with van der Waals surface area (Å²) in [6.45, 7) is 8.73. The van der Waals surface area contributed by atoms with Crippen molar-refractivity contribution in [2.75, 3.05) is 26.7 Å². The number of carbonyl (C=O) groups excluding carboxylic acids is 1. The number of likely N-dealkylation sites (tertiary alicyclic amines) is 1. The summed E-state index contributed by atoms with van der Waals surface area (Å²) in [5.41, 5.74) is 3.84. The number of carbonyl (C=O) groups is 1. The predicted octanol–water partition coefficient (Wildman–Crippen LogP) is 5.79. The second-order valence-electron chi connectivity index (χ2n) is 9.85. The van der Waals surface area contributed by atoms with Gasteiger partial charge < -0.3 is 15.0 Å². The maximum absolute atomic E-state index is 13.8. The number of ether oxygens (including phenoxy) is 1. The van der Waals surface area contributed by atoms with Crippen LogP contribution in [0.5, 0.6) is 5.75 Å². The molecular weight excluding hydrogens is 465 g/mol. The number of piperidine rings is 1. The summed E-state index contributed by atoms with van der Waals surface area (Å²) in [7, 11) is 2.15. The van der Waals surface area contributed by atoms with E-state index in [0.29, 0.717) is 23.8 Å². The zero-order valence-electron chi connectivity index (χ0n) is 20.8. The van der Waals surface area contributed by atoms with Crippen LogP contribution in [-0.4, -0.2) is 48.6 Å². The Morgan fingerprint density at radius 2 is 2.09 bits per heavy atom. The zero-order chi connectivity index (χ0) is 25.1. The molecule has 1 unspecified atom stereocenters. The molecule has 1 aliphatic heterocycles. The predicted molar refractivity (Wildman–Crippen MR) is 140 cm³/mol. The van der Waals surface area contributed by atoms with Gasteiger partial charge in [-0.15, -0.1) is 0 Å². The smallest absolute Gasteiger partial charge is 0.224 e. The average molecular weight is 498 g/mol. The van der Waals surface area contributed by atoms with Gasteiger partial charge in [-0.05, 0) is 94.7 Å². The fourth-order valence-electron chi connectivity index (χ4n) is 4.79. The molecule has 5 nitrogen and oxygen atoms in total. The molecule has 7 heteroatoms. The molecule has 3 aromatic rings. The van der Waals surface area contributed by atoms with Gasteiger partial charge in [-0.3, -0.25) is 4.79 Å². The van der Waals surface area contributed by atoms with Crippen LogP contribution in [0.1, 0.15) is 37.8 Å². The number of fused-ring (bicyclic) bond motifs is 1. The van der Waals surface area contributed by atoms with Gasteiger partial charge in [0.2, 0.25) is 5.91 Å². The van der Waals surface area contributed by atoms with Gasteiger partial charge in [0.05, 0.1) is 29.3 Å². The van der Waals surface area contributed by atoms with Crippen molar-refractivity contribution in [3.8, 4) is 17.0 Å². The normalized spacial score (nSPS) is 16.6. The summed E-state index contributed by atoms with van der Waals surface area (Å²) < 4.78 is 20.0. The Morgan fingerprint density at radius 3 is 2.80 bits per heavy atom. The van der Waals surface area contributed by atoms with Crippen LogP contribution in [0.3, 0.4) is 0 Å². The van der Waals surface area contributed by atoms with Gasteiger partial charge in [-0.2, -0.15) is 0 Å². The number of aryl methyl sites for hydroxylation is 1. The third-order valence-corrected chi connectivity index (χ3v) is 6.82. The minimum absolute atomic E-state index is 0.0248. The summed E-state index contributed by atoms with van der Waals surface area (Å²) in [5, 5.41) is 3.92. The van der Waals surface area contributed by atoms with Crippen molar-refractivity contribution in [3.05, 3.63) is 58.4 Å². The lowest BCUT2D eigenvalue weighted by molar-refractivity contribution is -0.120. The van der Waals surface area contributed by atoms with Crippen molar-refractivity contribution in [1.82, 2.24) is 15.2 Å². The van der Waals surface area contributed by atoms with Gasteiger partial charge in [-0.1, -0.05) is 11.6 Å². The third kappa shape index (κ3) is 6.11. The highest BCUT2D eigenvalue weighted by molar-refractivity contribution is 6.31. The van der Waals surface area contributed by atoms with Crippen LogP contribution in [0.25, 0.3) is 22.2 Å². The molecule has 2 heterocycles. The number of rotatable bonds is 7. The number of hydrogen-bond donors (Lipinski definition) is 1. The van der Waals surface area contributed by atoms with Gasteiger partial charge >= 0.3 is 0 Å². The first-order valence-electron chi connectivity index (χ1n) is 12.2. The van der Waals surface area contributed by atoms with Crippen molar-refractivity contribution in [2.45, 2.75) is 46.1 Å². The Hall–Kier alpha value is -2.70. The van der Waals surface area contributed by atoms with E-state index in [9.17, 15) is 9.18 Å². The minimum Gasteiger partial charge on any atom is -0.493 e. The van der Waals surface area contributed by atoms with E-state index in [2.05, 4.69) is 17.3 Å². The third-order valence-electron chi connectivity index (χ3n) is 6.53. The quantitative estimate of drug-likeness (QED) is 0.449.